The number of hydrogen-bond acceptors (Lipinski definition) is 5. The molecule has 5 rings (SSSR count). The Labute approximate surface area is 205 Å². The topological polar surface area (TPSA) is 85.8 Å². The van der Waals surface area contributed by atoms with E-state index in [4.69, 9.17) is 4.52 Å². The van der Waals surface area contributed by atoms with Crippen LogP contribution in [0.1, 0.15) is 53.9 Å². The number of halogens is 3. The molecule has 7 nitrogen and oxygen atoms in total. The molecule has 1 aliphatic rings. The van der Waals surface area contributed by atoms with E-state index in [0.717, 1.165) is 41.4 Å². The van der Waals surface area contributed by atoms with Crippen molar-refractivity contribution in [2.45, 2.75) is 51.2 Å². The number of fused-ring (bicyclic) bond motifs is 1. The number of amides is 1. The largest absolute Gasteiger partial charge is 0.417 e. The minimum atomic E-state index is -4.60. The molecule has 2 aromatic carbocycles. The van der Waals surface area contributed by atoms with E-state index in [-0.39, 0.29) is 6.54 Å². The molecule has 0 saturated heterocycles. The number of benzene rings is 2. The number of aromatic nitrogens is 4. The van der Waals surface area contributed by atoms with Gasteiger partial charge in [0.25, 0.3) is 5.91 Å². The van der Waals surface area contributed by atoms with Crippen LogP contribution in [0.15, 0.2) is 53.3 Å². The summed E-state index contributed by atoms with van der Waals surface area (Å²) in [5.41, 5.74) is 0.993. The third kappa shape index (κ3) is 5.27. The van der Waals surface area contributed by atoms with Crippen molar-refractivity contribution in [3.05, 3.63) is 65.8 Å². The van der Waals surface area contributed by atoms with Gasteiger partial charge in [0.1, 0.15) is 0 Å². The van der Waals surface area contributed by atoms with Crippen LogP contribution in [0, 0.1) is 5.92 Å². The van der Waals surface area contributed by atoms with Gasteiger partial charge in [0.2, 0.25) is 11.7 Å². The minimum Gasteiger partial charge on any atom is -0.350 e. The van der Waals surface area contributed by atoms with E-state index in [1.165, 1.54) is 43.9 Å². The number of nitrogens with zero attached hydrogens (tertiary/aromatic N) is 4. The zero-order chi connectivity index (χ0) is 25.1. The van der Waals surface area contributed by atoms with E-state index in [0.29, 0.717) is 18.3 Å². The van der Waals surface area contributed by atoms with Crippen LogP contribution >= 0.6 is 0 Å². The maximum atomic E-state index is 13.2. The minimum absolute atomic E-state index is 0.146. The molecule has 2 aromatic heterocycles. The van der Waals surface area contributed by atoms with Gasteiger partial charge in [-0.15, -0.1) is 0 Å². The van der Waals surface area contributed by atoms with E-state index in [2.05, 4.69) is 20.4 Å². The summed E-state index contributed by atoms with van der Waals surface area (Å²) in [5, 5.41) is 6.69. The second-order valence-corrected chi connectivity index (χ2v) is 9.14. The first kappa shape index (κ1) is 24.0. The predicted octanol–water partition coefficient (Wildman–Crippen LogP) is 5.66. The number of alkyl halides is 3. The molecule has 4 aromatic rings. The van der Waals surface area contributed by atoms with Crippen molar-refractivity contribution in [2.24, 2.45) is 5.92 Å². The number of rotatable bonds is 8. The quantitative estimate of drug-likeness (QED) is 0.340. The van der Waals surface area contributed by atoms with Crippen LogP contribution in [-0.4, -0.2) is 32.1 Å². The highest BCUT2D eigenvalue weighted by atomic mass is 19.4. The van der Waals surface area contributed by atoms with Crippen molar-refractivity contribution in [1.29, 1.82) is 0 Å². The summed E-state index contributed by atoms with van der Waals surface area (Å²) >= 11 is 0. The predicted molar refractivity (Wildman–Crippen MR) is 127 cm³/mol. The lowest BCUT2D eigenvalue weighted by molar-refractivity contribution is -0.137. The third-order valence-electron chi connectivity index (χ3n) is 6.70. The molecular formula is C26H26F3N5O2. The molecule has 0 radical (unpaired) electrons. The van der Waals surface area contributed by atoms with Crippen LogP contribution in [0.3, 0.4) is 0 Å². The number of carbonyl (C=O) groups excluding carboxylic acids is 1. The molecule has 1 fully saturated rings. The lowest BCUT2D eigenvalue weighted by Gasteiger charge is -2.13. The second kappa shape index (κ2) is 10.1. The van der Waals surface area contributed by atoms with Gasteiger partial charge in [0.15, 0.2) is 0 Å². The van der Waals surface area contributed by atoms with Crippen LogP contribution in [0.5, 0.6) is 0 Å². The van der Waals surface area contributed by atoms with Crippen molar-refractivity contribution in [3.63, 3.8) is 0 Å². The fraction of sp³-hybridized carbons (Fsp3) is 0.385. The van der Waals surface area contributed by atoms with Crippen molar-refractivity contribution in [1.82, 2.24) is 25.0 Å². The van der Waals surface area contributed by atoms with Crippen molar-refractivity contribution < 1.29 is 22.5 Å². The summed E-state index contributed by atoms with van der Waals surface area (Å²) in [6.07, 6.45) is 4.08. The lowest BCUT2D eigenvalue weighted by Crippen LogP contribution is -2.29. The Balaban J connectivity index is 1.21. The average Bonchev–Trinajstić information content (AvgIpc) is 3.63. The molecule has 1 amide bonds. The normalized spacial score (nSPS) is 14.5. The van der Waals surface area contributed by atoms with Gasteiger partial charge in [-0.05, 0) is 42.7 Å². The Hall–Kier alpha value is -3.69. The first-order valence-electron chi connectivity index (χ1n) is 12.1. The highest BCUT2D eigenvalue weighted by molar-refractivity contribution is 5.95. The van der Waals surface area contributed by atoms with Crippen LogP contribution in [0.4, 0.5) is 13.2 Å². The number of carbonyl (C=O) groups is 1. The van der Waals surface area contributed by atoms with Gasteiger partial charge in [0.05, 0.1) is 28.5 Å². The Morgan fingerprint density at radius 1 is 1.14 bits per heavy atom. The SMILES string of the molecule is O=C(NCCn1cnc2cc(-c3noc(CCC4CCCC4)n3)ccc21)c1ccccc1C(F)(F)F. The summed E-state index contributed by atoms with van der Waals surface area (Å²) in [4.78, 5) is 21.3. The van der Waals surface area contributed by atoms with Crippen molar-refractivity contribution in [2.75, 3.05) is 6.54 Å². The van der Waals surface area contributed by atoms with Gasteiger partial charge in [-0.25, -0.2) is 4.98 Å². The monoisotopic (exact) mass is 497 g/mol. The van der Waals surface area contributed by atoms with Gasteiger partial charge in [0, 0.05) is 25.1 Å². The molecule has 0 unspecified atom stereocenters. The van der Waals surface area contributed by atoms with Crippen LogP contribution in [-0.2, 0) is 19.1 Å². The fourth-order valence-electron chi connectivity index (χ4n) is 4.79. The summed E-state index contributed by atoms with van der Waals surface area (Å²) < 4.78 is 46.8. The standard InChI is InChI=1S/C26H26F3N5O2/c27-26(28,29)20-8-4-3-7-19(20)25(35)30-13-14-34-16-31-21-15-18(10-11-22(21)34)24-32-23(36-33-24)12-9-17-5-1-2-6-17/h3-4,7-8,10-11,15-17H,1-2,5-6,9,12-14H2,(H,30,35). The second-order valence-electron chi connectivity index (χ2n) is 9.14. The van der Waals surface area contributed by atoms with Crippen LogP contribution < -0.4 is 5.32 Å². The molecule has 1 aliphatic carbocycles. The van der Waals surface area contributed by atoms with Gasteiger partial charge in [-0.1, -0.05) is 43.0 Å². The Bertz CT molecular complexity index is 1360. The van der Waals surface area contributed by atoms with E-state index >= 15 is 0 Å². The molecule has 188 valence electrons. The number of aryl methyl sites for hydroxylation is 1. The summed E-state index contributed by atoms with van der Waals surface area (Å²) in [7, 11) is 0. The van der Waals surface area contributed by atoms with E-state index in [1.807, 2.05) is 22.8 Å². The highest BCUT2D eigenvalue weighted by Gasteiger charge is 2.34. The first-order chi connectivity index (χ1) is 17.4. The van der Waals surface area contributed by atoms with Crippen LogP contribution in [0.2, 0.25) is 0 Å². The smallest absolute Gasteiger partial charge is 0.350 e. The van der Waals surface area contributed by atoms with Gasteiger partial charge < -0.3 is 14.4 Å². The average molecular weight is 498 g/mol. The van der Waals surface area contributed by atoms with Crippen molar-refractivity contribution >= 4 is 16.9 Å². The molecule has 0 bridgehead atoms. The molecule has 1 saturated carbocycles. The number of hydrogen-bond donors (Lipinski definition) is 1. The highest BCUT2D eigenvalue weighted by Crippen LogP contribution is 2.32. The van der Waals surface area contributed by atoms with Gasteiger partial charge >= 0.3 is 6.18 Å². The maximum Gasteiger partial charge on any atom is 0.417 e. The summed E-state index contributed by atoms with van der Waals surface area (Å²) in [6.45, 7) is 0.497. The van der Waals surface area contributed by atoms with Gasteiger partial charge in [-0.2, -0.15) is 18.2 Å². The Morgan fingerprint density at radius 3 is 2.75 bits per heavy atom. The number of imidazole rings is 1. The first-order valence-corrected chi connectivity index (χ1v) is 12.1. The lowest BCUT2D eigenvalue weighted by atomic mass is 10.0. The molecular weight excluding hydrogens is 471 g/mol. The molecule has 10 heteroatoms. The van der Waals surface area contributed by atoms with Crippen molar-refractivity contribution in [3.8, 4) is 11.4 Å². The molecule has 1 N–H and O–H groups in total. The zero-order valence-corrected chi connectivity index (χ0v) is 19.6. The molecule has 0 spiro atoms. The number of nitrogens with one attached hydrogen (secondary N) is 1. The zero-order valence-electron chi connectivity index (χ0n) is 19.6. The Morgan fingerprint density at radius 2 is 1.94 bits per heavy atom. The summed E-state index contributed by atoms with van der Waals surface area (Å²) in [6, 6.07) is 10.4. The summed E-state index contributed by atoms with van der Waals surface area (Å²) in [5.74, 6) is 1.15. The third-order valence-corrected chi connectivity index (χ3v) is 6.70. The van der Waals surface area contributed by atoms with E-state index in [1.54, 1.807) is 6.33 Å². The van der Waals surface area contributed by atoms with E-state index < -0.39 is 23.2 Å². The molecule has 0 aliphatic heterocycles. The maximum absolute atomic E-state index is 13.2. The molecule has 2 heterocycles. The molecule has 36 heavy (non-hydrogen) atoms. The Kier molecular flexibility index (Phi) is 6.75. The van der Waals surface area contributed by atoms with Crippen LogP contribution in [0.25, 0.3) is 22.4 Å². The molecule has 0 atom stereocenters. The fourth-order valence-corrected chi connectivity index (χ4v) is 4.79. The van der Waals surface area contributed by atoms with E-state index in [9.17, 15) is 18.0 Å². The van der Waals surface area contributed by atoms with Gasteiger partial charge in [-0.3, -0.25) is 4.79 Å².